The van der Waals surface area contributed by atoms with E-state index in [1.165, 1.54) is 5.56 Å². The molecule has 7 nitrogen and oxygen atoms in total. The zero-order chi connectivity index (χ0) is 37.7. The van der Waals surface area contributed by atoms with E-state index >= 15 is 0 Å². The van der Waals surface area contributed by atoms with Gasteiger partial charge in [-0.25, -0.2) is 14.6 Å². The zero-order valence-corrected chi connectivity index (χ0v) is 31.3. The molecule has 3 heterocycles. The van der Waals surface area contributed by atoms with Gasteiger partial charge in [-0.1, -0.05) is 183 Å². The Labute approximate surface area is 327 Å². The summed E-state index contributed by atoms with van der Waals surface area (Å²) in [5.41, 5.74) is 10.7. The van der Waals surface area contributed by atoms with Crippen molar-refractivity contribution < 1.29 is 0 Å². The average molecular weight is 728 g/mol. The molecule has 9 rings (SSSR count). The van der Waals surface area contributed by atoms with Crippen LogP contribution in [0.4, 0.5) is 0 Å². The minimum absolute atomic E-state index is 0.674. The van der Waals surface area contributed by atoms with Crippen LogP contribution in [-0.2, 0) is 18.5 Å². The molecule has 0 saturated heterocycles. The highest BCUT2D eigenvalue weighted by Crippen LogP contribution is 2.43. The number of hydrogen-bond acceptors (Lipinski definition) is 5. The number of aryl methyl sites for hydroxylation is 1. The third-order valence-electron chi connectivity index (χ3n) is 10.6. The van der Waals surface area contributed by atoms with Crippen molar-refractivity contribution in [2.24, 2.45) is 0 Å². The van der Waals surface area contributed by atoms with Crippen LogP contribution >= 0.6 is 0 Å². The number of imidazole rings is 1. The largest absolute Gasteiger partial charge is 0.347 e. The van der Waals surface area contributed by atoms with Gasteiger partial charge < -0.3 is 4.57 Å². The van der Waals surface area contributed by atoms with E-state index < -0.39 is 5.54 Å². The average Bonchev–Trinajstić information content (AvgIpc) is 3.93. The van der Waals surface area contributed by atoms with Gasteiger partial charge in [0.2, 0.25) is 0 Å². The summed E-state index contributed by atoms with van der Waals surface area (Å²) in [6.07, 6.45) is 7.42. The normalized spacial score (nSPS) is 11.6. The molecule has 56 heavy (non-hydrogen) atoms. The molecule has 0 atom stereocenters. The molecular weight excluding hydrogens is 687 g/mol. The van der Waals surface area contributed by atoms with Crippen molar-refractivity contribution in [1.29, 1.82) is 0 Å². The van der Waals surface area contributed by atoms with E-state index in [-0.39, 0.29) is 0 Å². The molecule has 0 N–H and O–H groups in total. The molecule has 0 fully saturated rings. The van der Waals surface area contributed by atoms with Gasteiger partial charge in [0.15, 0.2) is 5.82 Å². The summed E-state index contributed by atoms with van der Waals surface area (Å²) in [6.45, 7) is 2.90. The number of nitrogens with zero attached hydrogens (tertiary/aromatic N) is 7. The van der Waals surface area contributed by atoms with Crippen LogP contribution in [0.15, 0.2) is 182 Å². The number of tetrazole rings is 1. The quantitative estimate of drug-likeness (QED) is 0.117. The van der Waals surface area contributed by atoms with Gasteiger partial charge in [0.25, 0.3) is 0 Å². The van der Waals surface area contributed by atoms with Crippen LogP contribution in [0, 0.1) is 0 Å². The number of unbranched alkanes of at least 4 members (excludes halogenated alkanes) is 1. The van der Waals surface area contributed by atoms with Gasteiger partial charge in [-0.15, -0.1) is 5.10 Å². The van der Waals surface area contributed by atoms with Crippen molar-refractivity contribution in [1.82, 2.24) is 34.7 Å². The van der Waals surface area contributed by atoms with Gasteiger partial charge in [-0.05, 0) is 55.8 Å². The number of hydrogen-bond donors (Lipinski definition) is 0. The van der Waals surface area contributed by atoms with Gasteiger partial charge in [0.1, 0.15) is 22.8 Å². The Hall–Kier alpha value is -6.99. The lowest BCUT2D eigenvalue weighted by atomic mass is 9.77. The highest BCUT2D eigenvalue weighted by molar-refractivity contribution is 5.81. The summed E-state index contributed by atoms with van der Waals surface area (Å²) in [5, 5.41) is 13.9. The first-order valence-electron chi connectivity index (χ1n) is 19.3. The van der Waals surface area contributed by atoms with Gasteiger partial charge in [-0.3, -0.25) is 0 Å². The van der Waals surface area contributed by atoms with Crippen LogP contribution < -0.4 is 0 Å². The highest BCUT2D eigenvalue weighted by atomic mass is 15.6. The van der Waals surface area contributed by atoms with Gasteiger partial charge in [0, 0.05) is 36.5 Å². The molecule has 272 valence electrons. The number of pyridine rings is 1. The van der Waals surface area contributed by atoms with Crippen LogP contribution in [0.3, 0.4) is 0 Å². The molecule has 0 unspecified atom stereocenters. The third kappa shape index (κ3) is 6.47. The minimum atomic E-state index is -0.848. The fourth-order valence-corrected chi connectivity index (χ4v) is 7.90. The monoisotopic (exact) mass is 727 g/mol. The second-order valence-corrected chi connectivity index (χ2v) is 14.2. The molecular formula is C49H41N7. The van der Waals surface area contributed by atoms with Crippen molar-refractivity contribution in [3.8, 4) is 45.0 Å². The summed E-state index contributed by atoms with van der Waals surface area (Å²) in [6, 6.07) is 59.2. The zero-order valence-electron chi connectivity index (χ0n) is 31.3. The SMILES string of the molecule is CCCCc1nc2cn(Cc3ccc(-c4ccccc4-c4nnnn4C(c4ccccc4)(c4ccccc4)c4ccccc4)cc3)cc(-c3ccccc3)c-2n1. The lowest BCUT2D eigenvalue weighted by Gasteiger charge is -2.36. The molecule has 0 spiro atoms. The molecule has 0 saturated carbocycles. The predicted octanol–water partition coefficient (Wildman–Crippen LogP) is 10.6. The van der Waals surface area contributed by atoms with Crippen molar-refractivity contribution >= 4 is 0 Å². The van der Waals surface area contributed by atoms with E-state index in [4.69, 9.17) is 20.3 Å². The predicted molar refractivity (Wildman–Crippen MR) is 223 cm³/mol. The summed E-state index contributed by atoms with van der Waals surface area (Å²) in [4.78, 5) is 9.94. The fraction of sp³-hybridized carbons (Fsp3) is 0.122. The number of fused-ring (bicyclic) bond motifs is 1. The Morgan fingerprint density at radius 2 is 1.09 bits per heavy atom. The summed E-state index contributed by atoms with van der Waals surface area (Å²) >= 11 is 0. The number of benzene rings is 6. The maximum absolute atomic E-state index is 4.98. The van der Waals surface area contributed by atoms with Crippen LogP contribution in [0.2, 0.25) is 0 Å². The van der Waals surface area contributed by atoms with Crippen molar-refractivity contribution in [3.63, 3.8) is 0 Å². The van der Waals surface area contributed by atoms with Crippen LogP contribution in [0.25, 0.3) is 45.0 Å². The van der Waals surface area contributed by atoms with E-state index in [0.717, 1.165) is 81.0 Å². The van der Waals surface area contributed by atoms with E-state index in [0.29, 0.717) is 12.4 Å². The maximum atomic E-state index is 4.98. The van der Waals surface area contributed by atoms with Crippen LogP contribution in [0.5, 0.6) is 0 Å². The lowest BCUT2D eigenvalue weighted by molar-refractivity contribution is 0.451. The number of aromatic nitrogens is 7. The van der Waals surface area contributed by atoms with E-state index in [1.54, 1.807) is 0 Å². The fourth-order valence-electron chi connectivity index (χ4n) is 7.90. The van der Waals surface area contributed by atoms with E-state index in [9.17, 15) is 0 Å². The number of rotatable bonds is 12. The molecule has 7 aromatic rings. The topological polar surface area (TPSA) is 74.3 Å². The molecule has 2 aliphatic rings. The third-order valence-corrected chi connectivity index (χ3v) is 10.6. The second-order valence-electron chi connectivity index (χ2n) is 14.2. The molecule has 7 heteroatoms. The van der Waals surface area contributed by atoms with Gasteiger partial charge in [-0.2, -0.15) is 0 Å². The van der Waals surface area contributed by atoms with Gasteiger partial charge >= 0.3 is 0 Å². The molecule has 0 aliphatic carbocycles. The smallest absolute Gasteiger partial charge is 0.184 e. The van der Waals surface area contributed by atoms with Crippen LogP contribution in [0.1, 0.15) is 47.8 Å². The first-order chi connectivity index (χ1) is 27.7. The first kappa shape index (κ1) is 34.8. The highest BCUT2D eigenvalue weighted by Gasteiger charge is 2.42. The Balaban J connectivity index is 1.11. The van der Waals surface area contributed by atoms with E-state index in [2.05, 4.69) is 175 Å². The Bertz CT molecular complexity index is 2540. The van der Waals surface area contributed by atoms with E-state index in [1.807, 2.05) is 28.9 Å². The summed E-state index contributed by atoms with van der Waals surface area (Å²) < 4.78 is 4.23. The summed E-state index contributed by atoms with van der Waals surface area (Å²) in [5.74, 6) is 1.59. The lowest BCUT2D eigenvalue weighted by Crippen LogP contribution is -2.39. The standard InChI is InChI=1S/C49H41N7/c1-2-3-28-46-50-45-35-55(34-44(47(45)51-46)37-18-8-4-9-19-37)33-36-29-31-38(32-30-36)42-26-16-17-27-43(42)48-52-53-54-56(48)49(39-20-10-5-11-21-39,40-22-12-6-13-23-40)41-24-14-7-15-25-41/h4-27,29-32,34-35H,2-3,28,33H2,1H3. The molecule has 0 amide bonds. The van der Waals surface area contributed by atoms with Crippen molar-refractivity contribution in [2.45, 2.75) is 38.3 Å². The molecule has 6 aromatic carbocycles. The Kier molecular flexibility index (Phi) is 9.56. The molecule has 0 radical (unpaired) electrons. The van der Waals surface area contributed by atoms with Crippen molar-refractivity contribution in [2.75, 3.05) is 0 Å². The second kappa shape index (κ2) is 15.4. The minimum Gasteiger partial charge on any atom is -0.347 e. The molecule has 1 aromatic heterocycles. The Morgan fingerprint density at radius 1 is 0.536 bits per heavy atom. The maximum Gasteiger partial charge on any atom is 0.184 e. The van der Waals surface area contributed by atoms with Crippen LogP contribution in [-0.4, -0.2) is 34.7 Å². The molecule has 0 bridgehead atoms. The van der Waals surface area contributed by atoms with Crippen molar-refractivity contribution in [3.05, 3.63) is 210 Å². The summed E-state index contributed by atoms with van der Waals surface area (Å²) in [7, 11) is 0. The Morgan fingerprint density at radius 3 is 1.70 bits per heavy atom. The first-order valence-corrected chi connectivity index (χ1v) is 19.3. The molecule has 2 aliphatic heterocycles. The van der Waals surface area contributed by atoms with Gasteiger partial charge in [0.05, 0.1) is 0 Å².